The molecule has 2 rings (SSSR count). The van der Waals surface area contributed by atoms with E-state index < -0.39 is 0 Å². The first kappa shape index (κ1) is 25.8. The summed E-state index contributed by atoms with van der Waals surface area (Å²) in [4.78, 5) is 12.2. The van der Waals surface area contributed by atoms with E-state index in [0.29, 0.717) is 17.3 Å². The maximum absolute atomic E-state index is 12.2. The molecule has 0 fully saturated rings. The Morgan fingerprint density at radius 1 is 0.938 bits per heavy atom. The van der Waals surface area contributed by atoms with Gasteiger partial charge in [-0.1, -0.05) is 53.7 Å². The van der Waals surface area contributed by atoms with Gasteiger partial charge in [-0.25, -0.2) is 5.43 Å². The standard InChI is InChI=1S/C26H36N2O3S/c1-16-9-19(10-17(2)23(16)30)14-32-15-22(29)28-27-13-18-11-20(25(3,4)5)24(31)21(12-18)26(6,7)8/h9-13,30-31H,14-15H2,1-8H3,(H,28,29)/b27-13-. The molecule has 0 aromatic heterocycles. The lowest BCUT2D eigenvalue weighted by Gasteiger charge is -2.27. The quantitative estimate of drug-likeness (QED) is 0.385. The predicted octanol–water partition coefficient (Wildman–Crippen LogP) is 5.69. The molecule has 1 amide bonds. The largest absolute Gasteiger partial charge is 0.507 e. The molecular formula is C26H36N2O3S. The zero-order valence-corrected chi connectivity index (χ0v) is 21.3. The van der Waals surface area contributed by atoms with Gasteiger partial charge in [-0.05, 0) is 59.1 Å². The van der Waals surface area contributed by atoms with E-state index >= 15 is 0 Å². The topological polar surface area (TPSA) is 81.9 Å². The smallest absolute Gasteiger partial charge is 0.250 e. The average molecular weight is 457 g/mol. The number of hydrazone groups is 1. The van der Waals surface area contributed by atoms with Gasteiger partial charge in [0.2, 0.25) is 5.91 Å². The van der Waals surface area contributed by atoms with E-state index in [1.54, 1.807) is 6.21 Å². The molecule has 0 unspecified atom stereocenters. The van der Waals surface area contributed by atoms with Crippen molar-refractivity contribution in [2.45, 2.75) is 72.0 Å². The summed E-state index contributed by atoms with van der Waals surface area (Å²) >= 11 is 1.50. The third-order valence-corrected chi connectivity index (χ3v) is 6.21. The molecule has 32 heavy (non-hydrogen) atoms. The van der Waals surface area contributed by atoms with Crippen molar-refractivity contribution in [2.75, 3.05) is 5.75 Å². The first-order valence-corrected chi connectivity index (χ1v) is 11.9. The third-order valence-electron chi connectivity index (χ3n) is 5.20. The number of carbonyl (C=O) groups excluding carboxylic acids is 1. The van der Waals surface area contributed by atoms with Crippen molar-refractivity contribution in [1.29, 1.82) is 0 Å². The molecule has 6 heteroatoms. The average Bonchev–Trinajstić information content (AvgIpc) is 2.65. The number of benzene rings is 2. The number of nitrogens with one attached hydrogen (secondary N) is 1. The van der Waals surface area contributed by atoms with E-state index in [2.05, 4.69) is 52.1 Å². The molecule has 0 spiro atoms. The van der Waals surface area contributed by atoms with Gasteiger partial charge in [0.15, 0.2) is 0 Å². The van der Waals surface area contributed by atoms with Gasteiger partial charge in [0, 0.05) is 16.9 Å². The maximum atomic E-state index is 12.2. The SMILES string of the molecule is Cc1cc(CSCC(=O)N/N=C\c2cc(C(C)(C)C)c(O)c(C(C)(C)C)c2)cc(C)c1O. The van der Waals surface area contributed by atoms with Crippen LogP contribution in [0.3, 0.4) is 0 Å². The Hall–Kier alpha value is -2.47. The Labute approximate surface area is 196 Å². The summed E-state index contributed by atoms with van der Waals surface area (Å²) in [5.74, 6) is 1.43. The van der Waals surface area contributed by atoms with Crippen LogP contribution in [0.4, 0.5) is 0 Å². The molecule has 2 aromatic carbocycles. The molecule has 0 heterocycles. The normalized spacial score (nSPS) is 12.4. The lowest BCUT2D eigenvalue weighted by molar-refractivity contribution is -0.118. The van der Waals surface area contributed by atoms with Crippen LogP contribution in [0.1, 0.15) is 74.9 Å². The number of carbonyl (C=O) groups is 1. The highest BCUT2D eigenvalue weighted by molar-refractivity contribution is 7.99. The van der Waals surface area contributed by atoms with Crippen LogP contribution in [0, 0.1) is 13.8 Å². The number of hydrogen-bond donors (Lipinski definition) is 3. The number of amides is 1. The van der Waals surface area contributed by atoms with E-state index in [0.717, 1.165) is 33.4 Å². The van der Waals surface area contributed by atoms with E-state index in [4.69, 9.17) is 0 Å². The Morgan fingerprint density at radius 3 is 1.91 bits per heavy atom. The third kappa shape index (κ3) is 6.76. The van der Waals surface area contributed by atoms with Crippen LogP contribution in [0.5, 0.6) is 11.5 Å². The van der Waals surface area contributed by atoms with Crippen molar-refractivity contribution in [1.82, 2.24) is 5.43 Å². The maximum Gasteiger partial charge on any atom is 0.250 e. The fourth-order valence-corrected chi connectivity index (χ4v) is 4.23. The molecule has 0 aliphatic heterocycles. The summed E-state index contributed by atoms with van der Waals surface area (Å²) in [6.45, 7) is 16.1. The van der Waals surface area contributed by atoms with Crippen molar-refractivity contribution >= 4 is 23.9 Å². The minimum atomic E-state index is -0.223. The molecule has 0 radical (unpaired) electrons. The molecule has 3 N–H and O–H groups in total. The van der Waals surface area contributed by atoms with Gasteiger partial charge in [0.05, 0.1) is 12.0 Å². The van der Waals surface area contributed by atoms with Crippen molar-refractivity contribution in [2.24, 2.45) is 5.10 Å². The monoisotopic (exact) mass is 456 g/mol. The lowest BCUT2D eigenvalue weighted by atomic mass is 9.78. The van der Waals surface area contributed by atoms with E-state index in [-0.39, 0.29) is 22.5 Å². The molecule has 0 aliphatic rings. The summed E-state index contributed by atoms with van der Waals surface area (Å²) < 4.78 is 0. The summed E-state index contributed by atoms with van der Waals surface area (Å²) in [6.07, 6.45) is 1.62. The highest BCUT2D eigenvalue weighted by atomic mass is 32.2. The fourth-order valence-electron chi connectivity index (χ4n) is 3.48. The van der Waals surface area contributed by atoms with Gasteiger partial charge in [-0.15, -0.1) is 11.8 Å². The highest BCUT2D eigenvalue weighted by Crippen LogP contribution is 2.39. The molecule has 2 aromatic rings. The minimum absolute atomic E-state index is 0.177. The second-order valence-electron chi connectivity index (χ2n) is 10.3. The number of nitrogens with zero attached hydrogens (tertiary/aromatic N) is 1. The second kappa shape index (κ2) is 9.99. The molecule has 0 bridgehead atoms. The number of phenols is 2. The summed E-state index contributed by atoms with van der Waals surface area (Å²) in [7, 11) is 0. The molecule has 0 aliphatic carbocycles. The van der Waals surface area contributed by atoms with Crippen LogP contribution in [0.15, 0.2) is 29.4 Å². The van der Waals surface area contributed by atoms with E-state index in [1.165, 1.54) is 11.8 Å². The first-order chi connectivity index (χ1) is 14.7. The zero-order chi connectivity index (χ0) is 24.3. The van der Waals surface area contributed by atoms with Crippen molar-refractivity contribution in [3.8, 4) is 11.5 Å². The Bertz CT molecular complexity index is 957. The van der Waals surface area contributed by atoms with Crippen LogP contribution in [-0.2, 0) is 21.4 Å². The number of aryl methyl sites for hydroxylation is 2. The summed E-state index contributed by atoms with van der Waals surface area (Å²) in [5.41, 5.74) is 7.44. The number of aromatic hydroxyl groups is 2. The number of thioether (sulfide) groups is 1. The molecule has 0 saturated heterocycles. The van der Waals surface area contributed by atoms with Gasteiger partial charge in [-0.3, -0.25) is 4.79 Å². The number of hydrogen-bond acceptors (Lipinski definition) is 5. The first-order valence-electron chi connectivity index (χ1n) is 10.8. The molecule has 174 valence electrons. The van der Waals surface area contributed by atoms with Crippen LogP contribution >= 0.6 is 11.8 Å². The van der Waals surface area contributed by atoms with Crippen LogP contribution < -0.4 is 5.43 Å². The summed E-state index contributed by atoms with van der Waals surface area (Å²) in [5, 5.41) is 24.8. The zero-order valence-electron chi connectivity index (χ0n) is 20.5. The van der Waals surface area contributed by atoms with Crippen molar-refractivity contribution in [3.05, 3.63) is 57.6 Å². The van der Waals surface area contributed by atoms with Gasteiger partial charge in [0.25, 0.3) is 0 Å². The predicted molar refractivity (Wildman–Crippen MR) is 135 cm³/mol. The number of rotatable bonds is 6. The minimum Gasteiger partial charge on any atom is -0.507 e. The van der Waals surface area contributed by atoms with Crippen LogP contribution in [0.2, 0.25) is 0 Å². The van der Waals surface area contributed by atoms with Crippen molar-refractivity contribution in [3.63, 3.8) is 0 Å². The van der Waals surface area contributed by atoms with Gasteiger partial charge >= 0.3 is 0 Å². The van der Waals surface area contributed by atoms with Gasteiger partial charge < -0.3 is 10.2 Å². The molecule has 0 atom stereocenters. The van der Waals surface area contributed by atoms with Crippen LogP contribution in [0.25, 0.3) is 0 Å². The van der Waals surface area contributed by atoms with E-state index in [1.807, 2.05) is 38.1 Å². The molecular weight excluding hydrogens is 420 g/mol. The second-order valence-corrected chi connectivity index (χ2v) is 11.3. The Kier molecular flexibility index (Phi) is 8.05. The van der Waals surface area contributed by atoms with E-state index in [9.17, 15) is 15.0 Å². The van der Waals surface area contributed by atoms with Gasteiger partial charge in [0.1, 0.15) is 11.5 Å². The summed E-state index contributed by atoms with van der Waals surface area (Å²) in [6, 6.07) is 7.72. The highest BCUT2D eigenvalue weighted by Gasteiger charge is 2.26. The van der Waals surface area contributed by atoms with Crippen LogP contribution in [-0.4, -0.2) is 28.1 Å². The molecule has 5 nitrogen and oxygen atoms in total. The van der Waals surface area contributed by atoms with Crippen molar-refractivity contribution < 1.29 is 15.0 Å². The Balaban J connectivity index is 2.03. The molecule has 0 saturated carbocycles. The van der Waals surface area contributed by atoms with Gasteiger partial charge in [-0.2, -0.15) is 5.10 Å². The Morgan fingerprint density at radius 2 is 1.44 bits per heavy atom. The fraction of sp³-hybridized carbons (Fsp3) is 0.462. The lowest BCUT2D eigenvalue weighted by Crippen LogP contribution is -2.20. The number of phenolic OH excluding ortho intramolecular Hbond substituents is 2.